The second-order valence-corrected chi connectivity index (χ2v) is 7.39. The Hall–Kier alpha value is -3.98. The van der Waals surface area contributed by atoms with Gasteiger partial charge in [-0.15, -0.1) is 0 Å². The topological polar surface area (TPSA) is 149 Å². The van der Waals surface area contributed by atoms with E-state index in [0.717, 1.165) is 6.07 Å². The summed E-state index contributed by atoms with van der Waals surface area (Å²) in [6.45, 7) is 0. The van der Waals surface area contributed by atoms with Crippen LogP contribution in [-0.2, 0) is 0 Å². The number of fused-ring (bicyclic) bond motifs is 1. The van der Waals surface area contributed by atoms with Gasteiger partial charge in [0.15, 0.2) is 17.6 Å². The van der Waals surface area contributed by atoms with Gasteiger partial charge in [-0.25, -0.2) is 0 Å². The molecule has 6 N–H and O–H groups in total. The van der Waals surface area contributed by atoms with E-state index in [-0.39, 0.29) is 45.6 Å². The summed E-state index contributed by atoms with van der Waals surface area (Å²) in [6.07, 6.45) is -2.47. The minimum atomic E-state index is -1.38. The fourth-order valence-electron chi connectivity index (χ4n) is 4.04. The fourth-order valence-corrected chi connectivity index (χ4v) is 4.04. The van der Waals surface area contributed by atoms with Gasteiger partial charge in [-0.05, 0) is 17.7 Å². The summed E-state index contributed by atoms with van der Waals surface area (Å²) < 4.78 is 16.5. The van der Waals surface area contributed by atoms with Crippen molar-refractivity contribution in [1.29, 1.82) is 0 Å². The van der Waals surface area contributed by atoms with Gasteiger partial charge in [-0.2, -0.15) is 0 Å². The molecule has 0 aromatic heterocycles. The predicted molar refractivity (Wildman–Crippen MR) is 112 cm³/mol. The fraction of sp³-hybridized carbons (Fsp3) is 0.217. The lowest BCUT2D eigenvalue weighted by Gasteiger charge is -2.38. The quantitative estimate of drug-likeness (QED) is 0.335. The van der Waals surface area contributed by atoms with Crippen LogP contribution in [0, 0.1) is 0 Å². The van der Waals surface area contributed by atoms with E-state index in [9.17, 15) is 30.6 Å². The number of aliphatic hydroxyl groups is 1. The molecule has 0 aliphatic carbocycles. The smallest absolute Gasteiger partial charge is 0.157 e. The number of aliphatic hydroxyl groups excluding tert-OH is 1. The molecule has 0 amide bonds. The van der Waals surface area contributed by atoms with Crippen LogP contribution >= 0.6 is 0 Å². The highest BCUT2D eigenvalue weighted by Crippen LogP contribution is 2.54. The maximum absolute atomic E-state index is 11.4. The van der Waals surface area contributed by atoms with Gasteiger partial charge >= 0.3 is 0 Å². The van der Waals surface area contributed by atoms with Crippen molar-refractivity contribution in [2.45, 2.75) is 18.1 Å². The summed E-state index contributed by atoms with van der Waals surface area (Å²) in [7, 11) is 2.81. The average molecular weight is 442 g/mol. The van der Waals surface area contributed by atoms with Crippen LogP contribution in [-0.4, -0.2) is 51.0 Å². The molecule has 9 nitrogen and oxygen atoms in total. The first-order valence-electron chi connectivity index (χ1n) is 9.62. The number of benzene rings is 3. The Kier molecular flexibility index (Phi) is 5.27. The first kappa shape index (κ1) is 21.3. The summed E-state index contributed by atoms with van der Waals surface area (Å²) >= 11 is 0. The monoisotopic (exact) mass is 442 g/mol. The zero-order valence-electron chi connectivity index (χ0n) is 17.2. The normalized spacial score (nSPS) is 19.7. The lowest BCUT2D eigenvalue weighted by molar-refractivity contribution is 0.00643. The van der Waals surface area contributed by atoms with Gasteiger partial charge in [-0.1, -0.05) is 6.07 Å². The molecule has 0 bridgehead atoms. The van der Waals surface area contributed by atoms with E-state index < -0.39 is 23.9 Å². The highest BCUT2D eigenvalue weighted by Gasteiger charge is 2.43. The first-order chi connectivity index (χ1) is 15.2. The SMILES string of the molecule is COc1cc(O)c([C@H]2c3c(O)cc(O)cc3O[C@H](c3ccc(O)c(O)c3)[C@@H]2O)c(OC)c1. The Balaban J connectivity index is 1.96. The molecule has 9 heteroatoms. The van der Waals surface area contributed by atoms with Gasteiger partial charge in [0.1, 0.15) is 40.6 Å². The number of aromatic hydroxyl groups is 5. The van der Waals surface area contributed by atoms with Gasteiger partial charge in [0.05, 0.1) is 20.1 Å². The summed E-state index contributed by atoms with van der Waals surface area (Å²) in [4.78, 5) is 0. The molecular weight excluding hydrogens is 420 g/mol. The number of phenolic OH excluding ortho intramolecular Hbond substituents is 5. The lowest BCUT2D eigenvalue weighted by atomic mass is 9.79. The summed E-state index contributed by atoms with van der Waals surface area (Å²) in [6, 6.07) is 9.18. The molecule has 0 saturated heterocycles. The third kappa shape index (κ3) is 3.42. The van der Waals surface area contributed by atoms with E-state index >= 15 is 0 Å². The van der Waals surface area contributed by atoms with E-state index in [1.165, 1.54) is 50.6 Å². The molecule has 3 atom stereocenters. The molecule has 1 heterocycles. The molecule has 0 fully saturated rings. The Labute approximate surface area is 182 Å². The number of phenols is 5. The van der Waals surface area contributed by atoms with Crippen LogP contribution in [0.2, 0.25) is 0 Å². The van der Waals surface area contributed by atoms with Gasteiger partial charge < -0.3 is 44.8 Å². The molecule has 0 radical (unpaired) electrons. The average Bonchev–Trinajstić information content (AvgIpc) is 2.75. The zero-order valence-corrected chi connectivity index (χ0v) is 17.2. The molecule has 1 aliphatic rings. The molecule has 1 aliphatic heterocycles. The Morgan fingerprint density at radius 1 is 0.750 bits per heavy atom. The van der Waals surface area contributed by atoms with Crippen LogP contribution in [0.5, 0.6) is 46.0 Å². The Morgan fingerprint density at radius 3 is 2.12 bits per heavy atom. The van der Waals surface area contributed by atoms with Crippen LogP contribution in [0.25, 0.3) is 0 Å². The van der Waals surface area contributed by atoms with Crippen LogP contribution in [0.4, 0.5) is 0 Å². The minimum Gasteiger partial charge on any atom is -0.508 e. The molecule has 168 valence electrons. The van der Waals surface area contributed by atoms with Gasteiger partial charge in [0, 0.05) is 35.4 Å². The molecular formula is C23H22O9. The van der Waals surface area contributed by atoms with Crippen molar-refractivity contribution in [1.82, 2.24) is 0 Å². The van der Waals surface area contributed by atoms with Crippen LogP contribution in [0.3, 0.4) is 0 Å². The van der Waals surface area contributed by atoms with Crippen molar-refractivity contribution in [3.8, 4) is 46.0 Å². The second-order valence-electron chi connectivity index (χ2n) is 7.39. The maximum atomic E-state index is 11.4. The first-order valence-corrected chi connectivity index (χ1v) is 9.62. The lowest BCUT2D eigenvalue weighted by Crippen LogP contribution is -2.35. The standard InChI is InChI=1S/C23H22O9/c1-30-12-8-16(28)19(17(9-12)31-2)21-20-15(27)6-11(24)7-18(20)32-23(22(21)29)10-3-4-13(25)14(26)5-10/h3-9,21-29H,1-2H3/t21-,22+,23+/m0/s1. The van der Waals surface area contributed by atoms with Crippen LogP contribution in [0.15, 0.2) is 42.5 Å². The maximum Gasteiger partial charge on any atom is 0.157 e. The third-order valence-electron chi connectivity index (χ3n) is 5.51. The molecule has 0 saturated carbocycles. The van der Waals surface area contributed by atoms with E-state index in [4.69, 9.17) is 14.2 Å². The van der Waals surface area contributed by atoms with E-state index in [2.05, 4.69) is 0 Å². The highest BCUT2D eigenvalue weighted by molar-refractivity contribution is 5.62. The number of hydrogen-bond donors (Lipinski definition) is 6. The number of rotatable bonds is 4. The van der Waals surface area contributed by atoms with E-state index in [1.807, 2.05) is 0 Å². The van der Waals surface area contributed by atoms with Crippen molar-refractivity contribution in [3.05, 3.63) is 59.2 Å². The van der Waals surface area contributed by atoms with E-state index in [0.29, 0.717) is 11.3 Å². The Bertz CT molecular complexity index is 1170. The van der Waals surface area contributed by atoms with E-state index in [1.54, 1.807) is 0 Å². The van der Waals surface area contributed by atoms with Crippen molar-refractivity contribution >= 4 is 0 Å². The number of ether oxygens (including phenoxy) is 3. The second kappa shape index (κ2) is 7.93. The predicted octanol–water partition coefficient (Wildman–Crippen LogP) is 2.86. The van der Waals surface area contributed by atoms with Gasteiger partial charge in [-0.3, -0.25) is 0 Å². The molecule has 0 spiro atoms. The molecule has 3 aromatic carbocycles. The third-order valence-corrected chi connectivity index (χ3v) is 5.51. The highest BCUT2D eigenvalue weighted by atomic mass is 16.5. The summed E-state index contributed by atoms with van der Waals surface area (Å²) in [5.74, 6) is -2.11. The molecule has 4 rings (SSSR count). The Morgan fingerprint density at radius 2 is 1.47 bits per heavy atom. The van der Waals surface area contributed by atoms with Crippen LogP contribution < -0.4 is 14.2 Å². The summed E-state index contributed by atoms with van der Waals surface area (Å²) in [5, 5.41) is 62.3. The zero-order chi connectivity index (χ0) is 23.2. The van der Waals surface area contributed by atoms with Crippen molar-refractivity contribution < 1.29 is 44.8 Å². The van der Waals surface area contributed by atoms with Gasteiger partial charge in [0.2, 0.25) is 0 Å². The summed E-state index contributed by atoms with van der Waals surface area (Å²) in [5.41, 5.74) is 0.617. The van der Waals surface area contributed by atoms with Crippen molar-refractivity contribution in [2.75, 3.05) is 14.2 Å². The minimum absolute atomic E-state index is 0.0626. The largest absolute Gasteiger partial charge is 0.508 e. The van der Waals surface area contributed by atoms with Crippen LogP contribution in [0.1, 0.15) is 28.7 Å². The van der Waals surface area contributed by atoms with Gasteiger partial charge in [0.25, 0.3) is 0 Å². The number of hydrogen-bond acceptors (Lipinski definition) is 9. The van der Waals surface area contributed by atoms with Crippen molar-refractivity contribution in [2.24, 2.45) is 0 Å². The molecule has 0 unspecified atom stereocenters. The molecule has 32 heavy (non-hydrogen) atoms. The molecule has 3 aromatic rings. The van der Waals surface area contributed by atoms with Crippen molar-refractivity contribution in [3.63, 3.8) is 0 Å². The number of methoxy groups -OCH3 is 2.